The van der Waals surface area contributed by atoms with E-state index in [0.717, 1.165) is 11.1 Å². The molecular formula is C12H14N4O. The van der Waals surface area contributed by atoms with E-state index < -0.39 is 0 Å². The second kappa shape index (κ2) is 5.36. The van der Waals surface area contributed by atoms with Crippen molar-refractivity contribution in [2.24, 2.45) is 0 Å². The molecule has 0 spiro atoms. The van der Waals surface area contributed by atoms with Crippen LogP contribution in [-0.4, -0.2) is 21.7 Å². The van der Waals surface area contributed by atoms with Crippen LogP contribution in [0.25, 0.3) is 11.4 Å². The van der Waals surface area contributed by atoms with Gasteiger partial charge in [0.2, 0.25) is 11.7 Å². The number of aryl methyl sites for hydroxylation is 1. The molecule has 0 bridgehead atoms. The minimum absolute atomic E-state index is 0.545. The lowest BCUT2D eigenvalue weighted by Crippen LogP contribution is -2.12. The molecule has 0 radical (unpaired) electrons. The van der Waals surface area contributed by atoms with Crippen LogP contribution in [-0.2, 0) is 6.54 Å². The predicted octanol–water partition coefficient (Wildman–Crippen LogP) is 1.72. The van der Waals surface area contributed by atoms with Gasteiger partial charge in [0.15, 0.2) is 0 Å². The quantitative estimate of drug-likeness (QED) is 0.625. The molecule has 2 rings (SSSR count). The van der Waals surface area contributed by atoms with Crippen LogP contribution in [0.3, 0.4) is 0 Å². The summed E-state index contributed by atoms with van der Waals surface area (Å²) >= 11 is 0. The summed E-state index contributed by atoms with van der Waals surface area (Å²) in [7, 11) is 0. The molecule has 17 heavy (non-hydrogen) atoms. The first kappa shape index (κ1) is 11.5. The molecule has 0 atom stereocenters. The van der Waals surface area contributed by atoms with E-state index in [0.29, 0.717) is 24.8 Å². The highest BCUT2D eigenvalue weighted by Gasteiger charge is 2.09. The molecule has 0 aromatic carbocycles. The van der Waals surface area contributed by atoms with E-state index in [2.05, 4.69) is 27.0 Å². The predicted molar refractivity (Wildman–Crippen MR) is 64.2 cm³/mol. The number of nitrogens with one attached hydrogen (secondary N) is 1. The topological polar surface area (TPSA) is 63.8 Å². The first-order valence-electron chi connectivity index (χ1n) is 5.36. The second-order valence-corrected chi connectivity index (χ2v) is 3.62. The summed E-state index contributed by atoms with van der Waals surface area (Å²) in [5.74, 6) is 1.17. The van der Waals surface area contributed by atoms with Crippen molar-refractivity contribution < 1.29 is 4.52 Å². The minimum atomic E-state index is 0.545. The Balaban J connectivity index is 2.13. The fraction of sp³-hybridized carbons (Fsp3) is 0.250. The third kappa shape index (κ3) is 2.76. The van der Waals surface area contributed by atoms with Gasteiger partial charge in [-0.1, -0.05) is 11.2 Å². The van der Waals surface area contributed by atoms with Crippen LogP contribution in [0.2, 0.25) is 0 Å². The maximum absolute atomic E-state index is 5.14. The summed E-state index contributed by atoms with van der Waals surface area (Å²) in [6.45, 7) is 6.85. The van der Waals surface area contributed by atoms with Gasteiger partial charge in [-0.25, -0.2) is 0 Å². The Morgan fingerprint density at radius 3 is 3.18 bits per heavy atom. The third-order valence-corrected chi connectivity index (χ3v) is 2.29. The summed E-state index contributed by atoms with van der Waals surface area (Å²) in [5, 5.41) is 7.05. The Bertz CT molecular complexity index is 507. The van der Waals surface area contributed by atoms with Crippen LogP contribution in [0.4, 0.5) is 0 Å². The van der Waals surface area contributed by atoms with Crippen molar-refractivity contribution in [3.63, 3.8) is 0 Å². The van der Waals surface area contributed by atoms with Gasteiger partial charge in [-0.15, -0.1) is 6.58 Å². The zero-order chi connectivity index (χ0) is 12.1. The van der Waals surface area contributed by atoms with Gasteiger partial charge >= 0.3 is 0 Å². The van der Waals surface area contributed by atoms with Crippen LogP contribution >= 0.6 is 0 Å². The molecule has 0 aliphatic heterocycles. The largest absolute Gasteiger partial charge is 0.338 e. The first-order valence-corrected chi connectivity index (χ1v) is 5.36. The summed E-state index contributed by atoms with van der Waals surface area (Å²) < 4.78 is 5.14. The van der Waals surface area contributed by atoms with Crippen molar-refractivity contribution in [1.29, 1.82) is 0 Å². The molecule has 2 aromatic heterocycles. The van der Waals surface area contributed by atoms with Crippen LogP contribution in [0.15, 0.2) is 35.6 Å². The average molecular weight is 230 g/mol. The molecule has 5 nitrogen and oxygen atoms in total. The van der Waals surface area contributed by atoms with E-state index in [1.54, 1.807) is 18.5 Å². The van der Waals surface area contributed by atoms with Crippen molar-refractivity contribution in [2.75, 3.05) is 6.54 Å². The number of rotatable bonds is 5. The monoisotopic (exact) mass is 230 g/mol. The zero-order valence-corrected chi connectivity index (χ0v) is 9.68. The molecule has 0 fully saturated rings. The van der Waals surface area contributed by atoms with Gasteiger partial charge in [0.25, 0.3) is 0 Å². The van der Waals surface area contributed by atoms with E-state index >= 15 is 0 Å². The lowest BCUT2D eigenvalue weighted by Gasteiger charge is -1.97. The van der Waals surface area contributed by atoms with E-state index in [1.807, 2.05) is 13.0 Å². The number of nitrogens with zero attached hydrogens (tertiary/aromatic N) is 3. The number of hydrogen-bond acceptors (Lipinski definition) is 5. The van der Waals surface area contributed by atoms with Crippen molar-refractivity contribution in [3.05, 3.63) is 42.6 Å². The molecule has 0 aliphatic carbocycles. The average Bonchev–Trinajstić information content (AvgIpc) is 2.79. The van der Waals surface area contributed by atoms with Gasteiger partial charge in [-0.3, -0.25) is 4.98 Å². The molecule has 0 amide bonds. The van der Waals surface area contributed by atoms with Gasteiger partial charge in [-0.2, -0.15) is 4.98 Å². The van der Waals surface area contributed by atoms with Crippen molar-refractivity contribution in [3.8, 4) is 11.4 Å². The highest BCUT2D eigenvalue weighted by Crippen LogP contribution is 2.18. The molecule has 2 aromatic rings. The molecule has 0 aliphatic rings. The standard InChI is InChI=1S/C12H14N4O/c1-3-5-13-8-11-15-12(16-17-11)10-4-6-14-7-9(10)2/h3-4,6-7,13H,1,5,8H2,2H3. The molecule has 88 valence electrons. The number of hydrogen-bond donors (Lipinski definition) is 1. The summed E-state index contributed by atoms with van der Waals surface area (Å²) in [5.41, 5.74) is 1.97. The highest BCUT2D eigenvalue weighted by molar-refractivity contribution is 5.57. The van der Waals surface area contributed by atoms with Crippen molar-refractivity contribution in [1.82, 2.24) is 20.4 Å². The highest BCUT2D eigenvalue weighted by atomic mass is 16.5. The molecule has 1 N–H and O–H groups in total. The van der Waals surface area contributed by atoms with E-state index in [9.17, 15) is 0 Å². The smallest absolute Gasteiger partial charge is 0.240 e. The Morgan fingerprint density at radius 1 is 1.53 bits per heavy atom. The van der Waals surface area contributed by atoms with Crippen molar-refractivity contribution in [2.45, 2.75) is 13.5 Å². The molecule has 0 unspecified atom stereocenters. The van der Waals surface area contributed by atoms with Gasteiger partial charge in [0, 0.05) is 24.5 Å². The summed E-state index contributed by atoms with van der Waals surface area (Å²) in [4.78, 5) is 8.34. The third-order valence-electron chi connectivity index (χ3n) is 2.29. The van der Waals surface area contributed by atoms with E-state index in [1.165, 1.54) is 0 Å². The van der Waals surface area contributed by atoms with Crippen molar-refractivity contribution >= 4 is 0 Å². The Hall–Kier alpha value is -2.01. The normalized spacial score (nSPS) is 10.4. The molecule has 0 saturated carbocycles. The van der Waals surface area contributed by atoms with Gasteiger partial charge in [-0.05, 0) is 18.6 Å². The maximum atomic E-state index is 5.14. The molecule has 2 heterocycles. The maximum Gasteiger partial charge on any atom is 0.240 e. The van der Waals surface area contributed by atoms with E-state index in [-0.39, 0.29) is 0 Å². The summed E-state index contributed by atoms with van der Waals surface area (Å²) in [6.07, 6.45) is 5.28. The van der Waals surface area contributed by atoms with Crippen LogP contribution in [0.5, 0.6) is 0 Å². The molecular weight excluding hydrogens is 216 g/mol. The summed E-state index contributed by atoms with van der Waals surface area (Å²) in [6, 6.07) is 1.88. The van der Waals surface area contributed by atoms with Crippen LogP contribution in [0.1, 0.15) is 11.5 Å². The Morgan fingerprint density at radius 2 is 2.41 bits per heavy atom. The van der Waals surface area contributed by atoms with Gasteiger partial charge in [0.05, 0.1) is 6.54 Å². The number of pyridine rings is 1. The van der Waals surface area contributed by atoms with Crippen LogP contribution in [0, 0.1) is 6.92 Å². The molecule has 5 heteroatoms. The SMILES string of the molecule is C=CCNCc1nc(-c2ccncc2C)no1. The first-order chi connectivity index (χ1) is 8.31. The van der Waals surface area contributed by atoms with E-state index in [4.69, 9.17) is 4.52 Å². The molecule has 0 saturated heterocycles. The minimum Gasteiger partial charge on any atom is -0.338 e. The Labute approximate surface area is 99.6 Å². The number of aromatic nitrogens is 3. The second-order valence-electron chi connectivity index (χ2n) is 3.62. The lowest BCUT2D eigenvalue weighted by atomic mass is 10.1. The Kier molecular flexibility index (Phi) is 3.62. The zero-order valence-electron chi connectivity index (χ0n) is 9.68. The van der Waals surface area contributed by atoms with Gasteiger partial charge < -0.3 is 9.84 Å². The van der Waals surface area contributed by atoms with Gasteiger partial charge in [0.1, 0.15) is 0 Å². The fourth-order valence-corrected chi connectivity index (χ4v) is 1.44. The fourth-order valence-electron chi connectivity index (χ4n) is 1.44. The lowest BCUT2D eigenvalue weighted by molar-refractivity contribution is 0.370. The van der Waals surface area contributed by atoms with Crippen LogP contribution < -0.4 is 5.32 Å².